The fourth-order valence-corrected chi connectivity index (χ4v) is 3.61. The zero-order chi connectivity index (χ0) is 21.1. The molecule has 4 aromatic rings. The van der Waals surface area contributed by atoms with Crippen molar-refractivity contribution in [2.45, 2.75) is 19.4 Å². The van der Waals surface area contributed by atoms with Gasteiger partial charge in [-0.2, -0.15) is 4.73 Å². The summed E-state index contributed by atoms with van der Waals surface area (Å²) in [5.41, 5.74) is 9.72. The number of carbonyl (C=O) groups excluding carboxylic acids is 1. The minimum Gasteiger partial charge on any atom is -0.618 e. The van der Waals surface area contributed by atoms with Gasteiger partial charge in [-0.1, -0.05) is 55.5 Å². The number of benzene rings is 2. The topological polar surface area (TPSA) is 95.0 Å². The zero-order valence-corrected chi connectivity index (χ0v) is 16.6. The maximum absolute atomic E-state index is 13.4. The molecule has 0 bridgehead atoms. The third kappa shape index (κ3) is 3.55. The summed E-state index contributed by atoms with van der Waals surface area (Å²) >= 11 is 0. The predicted octanol–water partition coefficient (Wildman–Crippen LogP) is 4.00. The lowest BCUT2D eigenvalue weighted by molar-refractivity contribution is -0.616. The molecule has 3 N–H and O–H groups in total. The van der Waals surface area contributed by atoms with Gasteiger partial charge in [-0.15, -0.1) is 0 Å². The molecule has 0 saturated carbocycles. The molecular formula is C24H22N4O2. The average Bonchev–Trinajstić information content (AvgIpc) is 2.78. The van der Waals surface area contributed by atoms with Crippen LogP contribution in [0.5, 0.6) is 0 Å². The first-order chi connectivity index (χ1) is 14.6. The van der Waals surface area contributed by atoms with Gasteiger partial charge in [-0.3, -0.25) is 4.79 Å². The van der Waals surface area contributed by atoms with Crippen LogP contribution < -0.4 is 15.8 Å². The lowest BCUT2D eigenvalue weighted by Crippen LogP contribution is -2.39. The Kier molecular flexibility index (Phi) is 5.30. The lowest BCUT2D eigenvalue weighted by atomic mass is 10.00. The van der Waals surface area contributed by atoms with Crippen LogP contribution in [0.25, 0.3) is 22.2 Å². The molecule has 1 atom stereocenters. The number of anilines is 1. The van der Waals surface area contributed by atoms with Crippen molar-refractivity contribution in [3.63, 3.8) is 0 Å². The lowest BCUT2D eigenvalue weighted by Gasteiger charge is -2.19. The van der Waals surface area contributed by atoms with E-state index in [4.69, 9.17) is 10.7 Å². The molecule has 0 spiro atoms. The number of nitrogens with two attached hydrogens (primary N) is 1. The van der Waals surface area contributed by atoms with Gasteiger partial charge in [-0.05, 0) is 18.6 Å². The van der Waals surface area contributed by atoms with Crippen LogP contribution in [-0.2, 0) is 0 Å². The highest BCUT2D eigenvalue weighted by atomic mass is 16.5. The summed E-state index contributed by atoms with van der Waals surface area (Å²) in [6.45, 7) is 1.92. The number of nitrogens with one attached hydrogen (secondary N) is 1. The molecule has 0 saturated heterocycles. The van der Waals surface area contributed by atoms with Crippen LogP contribution in [0.2, 0.25) is 0 Å². The highest BCUT2D eigenvalue weighted by Crippen LogP contribution is 2.32. The Morgan fingerprint density at radius 3 is 2.50 bits per heavy atom. The number of rotatable bonds is 5. The number of amides is 1. The van der Waals surface area contributed by atoms with Gasteiger partial charge >= 0.3 is 0 Å². The highest BCUT2D eigenvalue weighted by Gasteiger charge is 2.25. The van der Waals surface area contributed by atoms with Gasteiger partial charge in [0.05, 0.1) is 22.5 Å². The van der Waals surface area contributed by atoms with E-state index >= 15 is 0 Å². The second-order valence-corrected chi connectivity index (χ2v) is 7.02. The van der Waals surface area contributed by atoms with Crippen LogP contribution in [0.3, 0.4) is 0 Å². The van der Waals surface area contributed by atoms with E-state index < -0.39 is 6.04 Å². The van der Waals surface area contributed by atoms with Crippen molar-refractivity contribution >= 4 is 22.5 Å². The maximum Gasteiger partial charge on any atom is 0.254 e. The molecule has 0 radical (unpaired) electrons. The molecule has 1 unspecified atom stereocenters. The fourth-order valence-electron chi connectivity index (χ4n) is 3.61. The number of aromatic nitrogens is 2. The second kappa shape index (κ2) is 8.21. The van der Waals surface area contributed by atoms with E-state index in [2.05, 4.69) is 5.32 Å². The maximum atomic E-state index is 13.4. The van der Waals surface area contributed by atoms with E-state index in [1.54, 1.807) is 18.2 Å². The Labute approximate surface area is 174 Å². The summed E-state index contributed by atoms with van der Waals surface area (Å²) in [5, 5.41) is 15.8. The molecule has 1 amide bonds. The summed E-state index contributed by atoms with van der Waals surface area (Å²) in [6, 6.07) is 21.7. The minimum absolute atomic E-state index is 0.315. The van der Waals surface area contributed by atoms with E-state index in [9.17, 15) is 10.0 Å². The number of carbonyl (C=O) groups is 1. The number of nitrogens with zero attached hydrogens (tertiary/aromatic N) is 2. The number of nitrogen functional groups attached to an aromatic ring is 1. The molecule has 150 valence electrons. The molecule has 4 rings (SSSR count). The van der Waals surface area contributed by atoms with Crippen LogP contribution in [0.1, 0.15) is 35.4 Å². The Hall–Kier alpha value is -3.93. The van der Waals surface area contributed by atoms with Crippen molar-refractivity contribution in [2.24, 2.45) is 0 Å². The third-order valence-corrected chi connectivity index (χ3v) is 5.13. The van der Waals surface area contributed by atoms with E-state index in [-0.39, 0.29) is 5.91 Å². The smallest absolute Gasteiger partial charge is 0.254 e. The van der Waals surface area contributed by atoms with Gasteiger partial charge in [0.2, 0.25) is 5.69 Å². The summed E-state index contributed by atoms with van der Waals surface area (Å²) in [5.74, 6) is -0.334. The Morgan fingerprint density at radius 2 is 1.77 bits per heavy atom. The molecule has 2 heterocycles. The summed E-state index contributed by atoms with van der Waals surface area (Å²) < 4.78 is 0.776. The molecule has 6 nitrogen and oxygen atoms in total. The van der Waals surface area contributed by atoms with E-state index in [0.717, 1.165) is 10.3 Å². The highest BCUT2D eigenvalue weighted by molar-refractivity contribution is 6.12. The van der Waals surface area contributed by atoms with E-state index in [1.165, 1.54) is 6.20 Å². The van der Waals surface area contributed by atoms with Crippen molar-refractivity contribution in [1.82, 2.24) is 10.3 Å². The van der Waals surface area contributed by atoms with Crippen molar-refractivity contribution in [2.75, 3.05) is 5.73 Å². The van der Waals surface area contributed by atoms with Gasteiger partial charge in [0, 0.05) is 23.1 Å². The number of fused-ring (bicyclic) bond motifs is 1. The van der Waals surface area contributed by atoms with Crippen LogP contribution >= 0.6 is 0 Å². The summed E-state index contributed by atoms with van der Waals surface area (Å²) in [6.07, 6.45) is 1.99. The fraction of sp³-hybridized carbons (Fsp3) is 0.125. The first kappa shape index (κ1) is 19.4. The first-order valence-corrected chi connectivity index (χ1v) is 9.82. The molecule has 2 aromatic carbocycles. The molecule has 0 aliphatic carbocycles. The van der Waals surface area contributed by atoms with Crippen molar-refractivity contribution in [1.29, 1.82) is 0 Å². The van der Waals surface area contributed by atoms with Crippen LogP contribution in [0, 0.1) is 5.21 Å². The quantitative estimate of drug-likeness (QED) is 0.392. The van der Waals surface area contributed by atoms with Crippen LogP contribution in [-0.4, -0.2) is 10.9 Å². The second-order valence-electron chi connectivity index (χ2n) is 7.02. The average molecular weight is 398 g/mol. The zero-order valence-electron chi connectivity index (χ0n) is 16.6. The molecule has 6 heteroatoms. The molecule has 0 aliphatic rings. The van der Waals surface area contributed by atoms with E-state index in [1.807, 2.05) is 61.5 Å². The molecular weight excluding hydrogens is 376 g/mol. The largest absolute Gasteiger partial charge is 0.618 e. The van der Waals surface area contributed by atoms with Crippen LogP contribution in [0.15, 0.2) is 79.0 Å². The van der Waals surface area contributed by atoms with Gasteiger partial charge in [0.15, 0.2) is 6.20 Å². The summed E-state index contributed by atoms with van der Waals surface area (Å²) in [4.78, 5) is 18.1. The van der Waals surface area contributed by atoms with Gasteiger partial charge in [0.1, 0.15) is 6.04 Å². The van der Waals surface area contributed by atoms with Crippen molar-refractivity contribution in [3.8, 4) is 11.3 Å². The van der Waals surface area contributed by atoms with Crippen molar-refractivity contribution in [3.05, 3.63) is 95.5 Å². The number of hydrogen-bond donors (Lipinski definition) is 2. The Balaban J connectivity index is 1.82. The Morgan fingerprint density at radius 1 is 1.07 bits per heavy atom. The minimum atomic E-state index is -0.442. The first-order valence-electron chi connectivity index (χ1n) is 9.82. The van der Waals surface area contributed by atoms with E-state index in [0.29, 0.717) is 40.0 Å². The standard InChI is InChI=1S/C24H22N4O2/c1-2-18(20-14-8-9-15-28(20)30)27-24(29)21-17-12-6-7-13-19(17)26-23(22(21)25)16-10-4-3-5-11-16/h3-15,18H,2,25H2,1H3,(H,27,29). The normalized spacial score (nSPS) is 11.9. The number of hydrogen-bond acceptors (Lipinski definition) is 4. The monoisotopic (exact) mass is 398 g/mol. The van der Waals surface area contributed by atoms with Gasteiger partial charge in [-0.25, -0.2) is 4.98 Å². The van der Waals surface area contributed by atoms with Crippen LogP contribution in [0.4, 0.5) is 5.69 Å². The molecule has 30 heavy (non-hydrogen) atoms. The van der Waals surface area contributed by atoms with Gasteiger partial charge in [0.25, 0.3) is 5.91 Å². The summed E-state index contributed by atoms with van der Waals surface area (Å²) in [7, 11) is 0. The van der Waals surface area contributed by atoms with Crippen molar-refractivity contribution < 1.29 is 9.52 Å². The molecule has 2 aromatic heterocycles. The Bertz CT molecular complexity index is 1210. The third-order valence-electron chi connectivity index (χ3n) is 5.13. The SMILES string of the molecule is CCC(NC(=O)c1c(N)c(-c2ccccc2)nc2ccccc12)c1cccc[n+]1[O-]. The molecule has 0 aliphatic heterocycles. The predicted molar refractivity (Wildman–Crippen MR) is 117 cm³/mol. The van der Waals surface area contributed by atoms with Gasteiger partial charge < -0.3 is 16.3 Å². The molecule has 0 fully saturated rings. The number of para-hydroxylation sites is 1. The number of pyridine rings is 2.